The molecule has 5 rings (SSSR count). The molecule has 3 heterocycles. The van der Waals surface area contributed by atoms with Crippen LogP contribution < -0.4 is 4.90 Å². The van der Waals surface area contributed by atoms with Crippen molar-refractivity contribution in [1.29, 1.82) is 0 Å². The molecule has 1 N–H and O–H groups in total. The highest BCUT2D eigenvalue weighted by molar-refractivity contribution is 6.30. The Kier molecular flexibility index (Phi) is 8.00. The third-order valence-corrected chi connectivity index (χ3v) is 8.57. The lowest BCUT2D eigenvalue weighted by Crippen LogP contribution is -2.53. The summed E-state index contributed by atoms with van der Waals surface area (Å²) >= 11 is 6.17. The lowest BCUT2D eigenvalue weighted by Gasteiger charge is -2.40. The smallest absolute Gasteiger partial charge is 0.231 e. The first-order chi connectivity index (χ1) is 17.8. The van der Waals surface area contributed by atoms with E-state index in [0.717, 1.165) is 68.5 Å². The summed E-state index contributed by atoms with van der Waals surface area (Å²) in [6, 6.07) is 8.33. The molecule has 1 aliphatic carbocycles. The number of anilines is 1. The van der Waals surface area contributed by atoms with Gasteiger partial charge in [0.15, 0.2) is 0 Å². The zero-order valence-corrected chi connectivity index (χ0v) is 22.9. The number of hydrogen-bond donors (Lipinski definition) is 1. The first kappa shape index (κ1) is 26.4. The number of carbonyl (C=O) groups is 1. The Morgan fingerprint density at radius 3 is 2.35 bits per heavy atom. The number of fused-ring (bicyclic) bond motifs is 1. The van der Waals surface area contributed by atoms with Crippen molar-refractivity contribution in [2.75, 3.05) is 63.8 Å². The second-order valence-corrected chi connectivity index (χ2v) is 11.4. The largest absolute Gasteiger partial charge is 0.387 e. The van der Waals surface area contributed by atoms with Crippen LogP contribution in [0.5, 0.6) is 0 Å². The molecule has 1 amide bonds. The standard InChI is InChI=1S/C28H39ClN6O2/c1-19(2)33-10-8-32(9-11-33)17-23(21-4-6-22(29)7-5-21)28(37)35-14-12-34(13-15-35)27-25-20(3)16-24(36)26(25)30-18-31-27/h4-7,18-20,23-24,36H,8-17H2,1-3H3/t20-,23-,24-/m1/s1. The summed E-state index contributed by atoms with van der Waals surface area (Å²) in [5.41, 5.74) is 2.85. The van der Waals surface area contributed by atoms with E-state index in [0.29, 0.717) is 30.6 Å². The monoisotopic (exact) mass is 526 g/mol. The molecule has 2 aliphatic heterocycles. The van der Waals surface area contributed by atoms with Crippen LogP contribution in [0.2, 0.25) is 5.02 Å². The number of aromatic nitrogens is 2. The van der Waals surface area contributed by atoms with E-state index < -0.39 is 6.10 Å². The zero-order valence-electron chi connectivity index (χ0n) is 22.2. The molecule has 2 aromatic rings. The van der Waals surface area contributed by atoms with Crippen LogP contribution >= 0.6 is 11.6 Å². The summed E-state index contributed by atoms with van der Waals surface area (Å²) in [6.07, 6.45) is 1.73. The number of carbonyl (C=O) groups excluding carboxylic acids is 1. The summed E-state index contributed by atoms with van der Waals surface area (Å²) in [6.45, 7) is 14.1. The lowest BCUT2D eigenvalue weighted by molar-refractivity contribution is -0.133. The molecule has 3 aliphatic rings. The van der Waals surface area contributed by atoms with Crippen molar-refractivity contribution < 1.29 is 9.90 Å². The highest BCUT2D eigenvalue weighted by Gasteiger charge is 2.35. The van der Waals surface area contributed by atoms with E-state index in [1.165, 1.54) is 0 Å². The van der Waals surface area contributed by atoms with Gasteiger partial charge in [0.05, 0.1) is 17.7 Å². The maximum Gasteiger partial charge on any atom is 0.231 e. The molecule has 0 bridgehead atoms. The number of benzene rings is 1. The van der Waals surface area contributed by atoms with Crippen LogP contribution in [0.25, 0.3) is 0 Å². The van der Waals surface area contributed by atoms with Crippen molar-refractivity contribution in [1.82, 2.24) is 24.7 Å². The second-order valence-electron chi connectivity index (χ2n) is 11.0. The first-order valence-corrected chi connectivity index (χ1v) is 14.0. The minimum absolute atomic E-state index is 0.185. The van der Waals surface area contributed by atoms with Crippen LogP contribution in [0.15, 0.2) is 30.6 Å². The molecule has 3 atom stereocenters. The molecule has 2 fully saturated rings. The topological polar surface area (TPSA) is 76.0 Å². The predicted octanol–water partition coefficient (Wildman–Crippen LogP) is 3.13. The SMILES string of the molecule is CC(C)N1CCN(C[C@@H](C(=O)N2CCN(c3ncnc4c3[C@H](C)C[C@H]4O)CC2)c2ccc(Cl)cc2)CC1. The van der Waals surface area contributed by atoms with Gasteiger partial charge in [0.2, 0.25) is 5.91 Å². The molecule has 37 heavy (non-hydrogen) atoms. The number of rotatable bonds is 6. The van der Waals surface area contributed by atoms with E-state index in [2.05, 4.69) is 45.4 Å². The fraction of sp³-hybridized carbons (Fsp3) is 0.607. The molecule has 1 aromatic carbocycles. The molecule has 200 valence electrons. The molecule has 8 nitrogen and oxygen atoms in total. The maximum absolute atomic E-state index is 13.9. The van der Waals surface area contributed by atoms with Gasteiger partial charge < -0.3 is 14.9 Å². The number of amides is 1. The van der Waals surface area contributed by atoms with Crippen molar-refractivity contribution >= 4 is 23.3 Å². The number of halogens is 1. The van der Waals surface area contributed by atoms with E-state index >= 15 is 0 Å². The number of aliphatic hydroxyl groups excluding tert-OH is 1. The van der Waals surface area contributed by atoms with Gasteiger partial charge in [-0.25, -0.2) is 9.97 Å². The van der Waals surface area contributed by atoms with Crippen molar-refractivity contribution in [2.24, 2.45) is 0 Å². The Morgan fingerprint density at radius 2 is 1.70 bits per heavy atom. The van der Waals surface area contributed by atoms with Crippen LogP contribution in [0.4, 0.5) is 5.82 Å². The molecular weight excluding hydrogens is 488 g/mol. The molecule has 0 saturated carbocycles. The zero-order chi connectivity index (χ0) is 26.1. The molecule has 2 saturated heterocycles. The van der Waals surface area contributed by atoms with Gasteiger partial charge in [0.25, 0.3) is 0 Å². The third kappa shape index (κ3) is 5.62. The molecule has 0 spiro atoms. The average Bonchev–Trinajstić information content (AvgIpc) is 3.21. The van der Waals surface area contributed by atoms with E-state index in [-0.39, 0.29) is 17.7 Å². The summed E-state index contributed by atoms with van der Waals surface area (Å²) in [5, 5.41) is 11.1. The van der Waals surface area contributed by atoms with Crippen molar-refractivity contribution in [3.05, 3.63) is 52.4 Å². The highest BCUT2D eigenvalue weighted by atomic mass is 35.5. The lowest BCUT2D eigenvalue weighted by atomic mass is 9.96. The molecule has 1 aromatic heterocycles. The first-order valence-electron chi connectivity index (χ1n) is 13.6. The van der Waals surface area contributed by atoms with Gasteiger partial charge in [-0.3, -0.25) is 14.6 Å². The number of piperazine rings is 2. The summed E-state index contributed by atoms with van der Waals surface area (Å²) in [5.74, 6) is 1.11. The van der Waals surface area contributed by atoms with Gasteiger partial charge in [-0.1, -0.05) is 30.7 Å². The average molecular weight is 527 g/mol. The van der Waals surface area contributed by atoms with E-state index in [9.17, 15) is 9.90 Å². The summed E-state index contributed by atoms with van der Waals surface area (Å²) in [4.78, 5) is 32.1. The minimum Gasteiger partial charge on any atom is -0.387 e. The van der Waals surface area contributed by atoms with E-state index in [1.54, 1.807) is 6.33 Å². The Hall–Kier alpha value is -2.26. The van der Waals surface area contributed by atoms with E-state index in [4.69, 9.17) is 11.6 Å². The van der Waals surface area contributed by atoms with Crippen molar-refractivity contribution in [2.45, 2.75) is 51.2 Å². The van der Waals surface area contributed by atoms with Gasteiger partial charge in [0, 0.05) is 75.5 Å². The van der Waals surface area contributed by atoms with Gasteiger partial charge in [-0.05, 0) is 43.9 Å². The Morgan fingerprint density at radius 1 is 1.03 bits per heavy atom. The normalized spacial score (nSPS) is 23.9. The van der Waals surface area contributed by atoms with Crippen LogP contribution in [-0.4, -0.2) is 101 Å². The summed E-state index contributed by atoms with van der Waals surface area (Å²) in [7, 11) is 0. The van der Waals surface area contributed by atoms with Gasteiger partial charge >= 0.3 is 0 Å². The Balaban J connectivity index is 1.28. The van der Waals surface area contributed by atoms with E-state index in [1.807, 2.05) is 29.2 Å². The molecule has 0 radical (unpaired) electrons. The Bertz CT molecular complexity index is 1080. The number of aliphatic hydroxyl groups is 1. The Labute approximate surface area is 225 Å². The maximum atomic E-state index is 13.9. The van der Waals surface area contributed by atoms with Crippen LogP contribution in [0.1, 0.15) is 62.0 Å². The quantitative estimate of drug-likeness (QED) is 0.619. The number of nitrogens with zero attached hydrogens (tertiary/aromatic N) is 6. The fourth-order valence-electron chi connectivity index (χ4n) is 6.05. The second kappa shape index (κ2) is 11.2. The van der Waals surface area contributed by atoms with Crippen molar-refractivity contribution in [3.8, 4) is 0 Å². The molecular formula is C28H39ClN6O2. The van der Waals surface area contributed by atoms with Crippen molar-refractivity contribution in [3.63, 3.8) is 0 Å². The van der Waals surface area contributed by atoms with Gasteiger partial charge in [-0.15, -0.1) is 0 Å². The van der Waals surface area contributed by atoms with Crippen LogP contribution in [0.3, 0.4) is 0 Å². The third-order valence-electron chi connectivity index (χ3n) is 8.32. The summed E-state index contributed by atoms with van der Waals surface area (Å²) < 4.78 is 0. The van der Waals surface area contributed by atoms with Gasteiger partial charge in [0.1, 0.15) is 12.1 Å². The minimum atomic E-state index is -0.517. The van der Waals surface area contributed by atoms with Crippen LogP contribution in [-0.2, 0) is 4.79 Å². The highest BCUT2D eigenvalue weighted by Crippen LogP contribution is 2.42. The van der Waals surface area contributed by atoms with Crippen LogP contribution in [0, 0.1) is 0 Å². The molecule has 9 heteroatoms. The predicted molar refractivity (Wildman–Crippen MR) is 146 cm³/mol. The molecule has 0 unspecified atom stereocenters. The fourth-order valence-corrected chi connectivity index (χ4v) is 6.18. The number of hydrogen-bond acceptors (Lipinski definition) is 7. The van der Waals surface area contributed by atoms with Gasteiger partial charge in [-0.2, -0.15) is 0 Å².